The van der Waals surface area contributed by atoms with Crippen molar-refractivity contribution in [1.82, 2.24) is 4.98 Å². The largest absolute Gasteiger partial charge is 0.343 e. The molecular formula is C5H6FNO2S2. The van der Waals surface area contributed by atoms with Gasteiger partial charge in [0.2, 0.25) is 0 Å². The Bertz CT molecular complexity index is 343. The Morgan fingerprint density at radius 2 is 2.36 bits per heavy atom. The minimum atomic E-state index is -4.54. The SMILES string of the molecule is CCc1ncc(S(=O)(=O)F)s1. The van der Waals surface area contributed by atoms with Gasteiger partial charge in [0.1, 0.15) is 0 Å². The molecule has 1 rings (SSSR count). The van der Waals surface area contributed by atoms with Crippen LogP contribution in [0.2, 0.25) is 0 Å². The van der Waals surface area contributed by atoms with E-state index in [2.05, 4.69) is 4.98 Å². The van der Waals surface area contributed by atoms with Gasteiger partial charge < -0.3 is 0 Å². The zero-order valence-corrected chi connectivity index (χ0v) is 7.38. The topological polar surface area (TPSA) is 47.0 Å². The normalized spacial score (nSPS) is 11.8. The Labute approximate surface area is 68.1 Å². The molecule has 0 saturated heterocycles. The molecule has 1 heterocycles. The molecule has 0 amide bonds. The van der Waals surface area contributed by atoms with Gasteiger partial charge in [-0.1, -0.05) is 10.8 Å². The molecule has 0 saturated carbocycles. The third-order valence-electron chi connectivity index (χ3n) is 1.08. The highest BCUT2D eigenvalue weighted by Gasteiger charge is 2.14. The number of aromatic nitrogens is 1. The molecule has 0 atom stereocenters. The van der Waals surface area contributed by atoms with E-state index in [9.17, 15) is 12.3 Å². The molecule has 0 aromatic carbocycles. The van der Waals surface area contributed by atoms with Crippen LogP contribution >= 0.6 is 11.3 Å². The Hall–Kier alpha value is -0.490. The summed E-state index contributed by atoms with van der Waals surface area (Å²) in [5.74, 6) is 0. The van der Waals surface area contributed by atoms with Crippen LogP contribution in [0.1, 0.15) is 11.9 Å². The number of aryl methyl sites for hydroxylation is 1. The number of nitrogens with zero attached hydrogens (tertiary/aromatic N) is 1. The van der Waals surface area contributed by atoms with Crippen molar-refractivity contribution in [2.75, 3.05) is 0 Å². The molecular weight excluding hydrogens is 189 g/mol. The summed E-state index contributed by atoms with van der Waals surface area (Å²) in [4.78, 5) is 3.70. The van der Waals surface area contributed by atoms with Crippen molar-refractivity contribution in [3.05, 3.63) is 11.2 Å². The maximum Gasteiger partial charge on any atom is 0.343 e. The third-order valence-corrected chi connectivity index (χ3v) is 3.44. The molecule has 1 aromatic heterocycles. The Kier molecular flexibility index (Phi) is 2.24. The molecule has 62 valence electrons. The predicted molar refractivity (Wildman–Crippen MR) is 39.8 cm³/mol. The second-order valence-electron chi connectivity index (χ2n) is 1.86. The van der Waals surface area contributed by atoms with E-state index >= 15 is 0 Å². The molecule has 1 aromatic rings. The second-order valence-corrected chi connectivity index (χ2v) is 4.55. The van der Waals surface area contributed by atoms with Crippen molar-refractivity contribution in [2.24, 2.45) is 0 Å². The molecule has 6 heteroatoms. The molecule has 0 aliphatic rings. The Morgan fingerprint density at radius 3 is 2.64 bits per heavy atom. The summed E-state index contributed by atoms with van der Waals surface area (Å²) in [6.45, 7) is 1.83. The van der Waals surface area contributed by atoms with Crippen LogP contribution in [0.4, 0.5) is 3.89 Å². The van der Waals surface area contributed by atoms with Crippen molar-refractivity contribution in [3.63, 3.8) is 0 Å². The van der Waals surface area contributed by atoms with Crippen molar-refractivity contribution in [3.8, 4) is 0 Å². The van der Waals surface area contributed by atoms with E-state index in [1.54, 1.807) is 0 Å². The summed E-state index contributed by atoms with van der Waals surface area (Å²) in [6.07, 6.45) is 1.67. The zero-order chi connectivity index (χ0) is 8.48. The molecule has 0 fully saturated rings. The van der Waals surface area contributed by atoms with Crippen LogP contribution < -0.4 is 0 Å². The first-order valence-electron chi connectivity index (χ1n) is 2.93. The van der Waals surface area contributed by atoms with Crippen LogP contribution in [0.5, 0.6) is 0 Å². The first kappa shape index (κ1) is 8.61. The molecule has 0 aliphatic heterocycles. The van der Waals surface area contributed by atoms with E-state index < -0.39 is 10.2 Å². The van der Waals surface area contributed by atoms with E-state index in [1.165, 1.54) is 0 Å². The fourth-order valence-electron chi connectivity index (χ4n) is 0.570. The molecule has 3 nitrogen and oxygen atoms in total. The van der Waals surface area contributed by atoms with Crippen LogP contribution in [0.3, 0.4) is 0 Å². The van der Waals surface area contributed by atoms with Gasteiger partial charge in [0, 0.05) is 0 Å². The van der Waals surface area contributed by atoms with E-state index in [4.69, 9.17) is 0 Å². The molecule has 0 bridgehead atoms. The van der Waals surface area contributed by atoms with Gasteiger partial charge in [-0.15, -0.1) is 11.3 Å². The van der Waals surface area contributed by atoms with Crippen molar-refractivity contribution < 1.29 is 12.3 Å². The highest BCUT2D eigenvalue weighted by atomic mass is 32.3. The average molecular weight is 195 g/mol. The lowest BCUT2D eigenvalue weighted by Gasteiger charge is -1.82. The maximum atomic E-state index is 12.2. The summed E-state index contributed by atoms with van der Waals surface area (Å²) in [6, 6.07) is 0. The molecule has 0 N–H and O–H groups in total. The van der Waals surface area contributed by atoms with Crippen molar-refractivity contribution >= 4 is 21.6 Å². The van der Waals surface area contributed by atoms with Gasteiger partial charge in [0.25, 0.3) is 0 Å². The summed E-state index contributed by atoms with van der Waals surface area (Å²) in [5, 5.41) is 0.626. The van der Waals surface area contributed by atoms with Crippen LogP contribution in [0.15, 0.2) is 10.4 Å². The van der Waals surface area contributed by atoms with Gasteiger partial charge in [0.15, 0.2) is 4.21 Å². The first-order chi connectivity index (χ1) is 5.04. The number of hydrogen-bond acceptors (Lipinski definition) is 4. The molecule has 0 aliphatic carbocycles. The number of thiazole rings is 1. The van der Waals surface area contributed by atoms with Gasteiger partial charge in [-0.05, 0) is 6.42 Å². The van der Waals surface area contributed by atoms with Crippen molar-refractivity contribution in [1.29, 1.82) is 0 Å². The lowest BCUT2D eigenvalue weighted by molar-refractivity contribution is 0.554. The third kappa shape index (κ3) is 1.97. The average Bonchev–Trinajstić information content (AvgIpc) is 2.32. The summed E-state index contributed by atoms with van der Waals surface area (Å²) in [7, 11) is -4.54. The van der Waals surface area contributed by atoms with Crippen LogP contribution in [0, 0.1) is 0 Å². The maximum absolute atomic E-state index is 12.2. The molecule has 0 radical (unpaired) electrons. The van der Waals surface area contributed by atoms with Crippen LogP contribution in [-0.4, -0.2) is 13.4 Å². The van der Waals surface area contributed by atoms with E-state index in [1.807, 2.05) is 6.92 Å². The quantitative estimate of drug-likeness (QED) is 0.669. The highest BCUT2D eigenvalue weighted by molar-refractivity contribution is 7.88. The lowest BCUT2D eigenvalue weighted by atomic mass is 10.5. The number of rotatable bonds is 2. The van der Waals surface area contributed by atoms with Crippen LogP contribution in [0.25, 0.3) is 0 Å². The highest BCUT2D eigenvalue weighted by Crippen LogP contribution is 2.20. The standard InChI is InChI=1S/C5H6FNO2S2/c1-2-4-7-3-5(10-4)11(6,8)9/h3H,2H2,1H3. The number of hydrogen-bond donors (Lipinski definition) is 0. The smallest absolute Gasteiger partial charge is 0.248 e. The Balaban J connectivity index is 3.09. The fourth-order valence-corrected chi connectivity index (χ4v) is 2.02. The molecule has 0 spiro atoms. The van der Waals surface area contributed by atoms with E-state index in [0.29, 0.717) is 11.4 Å². The zero-order valence-electron chi connectivity index (χ0n) is 5.74. The van der Waals surface area contributed by atoms with Gasteiger partial charge in [-0.3, -0.25) is 0 Å². The fraction of sp³-hybridized carbons (Fsp3) is 0.400. The molecule has 11 heavy (non-hydrogen) atoms. The van der Waals surface area contributed by atoms with Gasteiger partial charge in [-0.25, -0.2) is 4.98 Å². The monoisotopic (exact) mass is 195 g/mol. The van der Waals surface area contributed by atoms with E-state index in [0.717, 1.165) is 17.5 Å². The van der Waals surface area contributed by atoms with E-state index in [-0.39, 0.29) is 4.21 Å². The minimum absolute atomic E-state index is 0.311. The van der Waals surface area contributed by atoms with Crippen LogP contribution in [-0.2, 0) is 16.6 Å². The summed E-state index contributed by atoms with van der Waals surface area (Å²) < 4.78 is 32.4. The van der Waals surface area contributed by atoms with Gasteiger partial charge in [0.05, 0.1) is 11.2 Å². The van der Waals surface area contributed by atoms with Gasteiger partial charge >= 0.3 is 10.2 Å². The lowest BCUT2D eigenvalue weighted by Crippen LogP contribution is -1.85. The second kappa shape index (κ2) is 2.86. The Morgan fingerprint density at radius 1 is 1.73 bits per heavy atom. The molecule has 0 unspecified atom stereocenters. The first-order valence-corrected chi connectivity index (χ1v) is 5.13. The summed E-state index contributed by atoms with van der Waals surface area (Å²) >= 11 is 0.866. The van der Waals surface area contributed by atoms with Gasteiger partial charge in [-0.2, -0.15) is 8.42 Å². The van der Waals surface area contributed by atoms with Crippen molar-refractivity contribution in [2.45, 2.75) is 17.6 Å². The summed E-state index contributed by atoms with van der Waals surface area (Å²) in [5.41, 5.74) is 0. The predicted octanol–water partition coefficient (Wildman–Crippen LogP) is 1.36. The number of halogens is 1. The minimum Gasteiger partial charge on any atom is -0.248 e.